The van der Waals surface area contributed by atoms with Gasteiger partial charge in [-0.15, -0.1) is 8.78 Å². The van der Waals surface area contributed by atoms with Gasteiger partial charge in [0.15, 0.2) is 11.5 Å². The molecule has 25 heavy (non-hydrogen) atoms. The summed E-state index contributed by atoms with van der Waals surface area (Å²) in [6.45, 7) is 3.03. The summed E-state index contributed by atoms with van der Waals surface area (Å²) in [5.41, 5.74) is 0.202. The van der Waals surface area contributed by atoms with Crippen LogP contribution in [0.4, 0.5) is 13.6 Å². The Morgan fingerprint density at radius 3 is 2.64 bits per heavy atom. The third-order valence-electron chi connectivity index (χ3n) is 4.02. The Morgan fingerprint density at radius 2 is 1.96 bits per heavy atom. The van der Waals surface area contributed by atoms with Crippen LogP contribution in [0, 0.1) is 0 Å². The maximum atomic E-state index is 13.0. The molecule has 0 atom stereocenters. The van der Waals surface area contributed by atoms with Gasteiger partial charge in [-0.3, -0.25) is 4.79 Å². The van der Waals surface area contributed by atoms with E-state index in [-0.39, 0.29) is 29.2 Å². The monoisotopic (exact) mass is 356 g/mol. The molecule has 3 rings (SSSR count). The van der Waals surface area contributed by atoms with Crippen LogP contribution in [0.15, 0.2) is 18.2 Å². The Hall–Kier alpha value is -2.58. The highest BCUT2D eigenvalue weighted by Crippen LogP contribution is 2.41. The van der Waals surface area contributed by atoms with Gasteiger partial charge >= 0.3 is 12.4 Å². The largest absolute Gasteiger partial charge is 0.586 e. The number of hydrogen-bond donors (Lipinski definition) is 1. The van der Waals surface area contributed by atoms with Crippen LogP contribution in [0.5, 0.6) is 11.5 Å². The van der Waals surface area contributed by atoms with Crippen molar-refractivity contribution in [3.63, 3.8) is 0 Å². The molecule has 1 aromatic rings. The number of benzene rings is 1. The number of likely N-dealkylation sites (tertiary alicyclic amines) is 1. The van der Waals surface area contributed by atoms with E-state index in [2.05, 4.69) is 14.8 Å². The molecule has 0 spiro atoms. The number of rotatable bonds is 3. The smallest absolute Gasteiger partial charge is 0.450 e. The molecule has 0 aromatic heterocycles. The molecule has 1 fully saturated rings. The quantitative estimate of drug-likeness (QED) is 0.900. The molecule has 0 radical (unpaired) electrons. The van der Waals surface area contributed by atoms with Gasteiger partial charge in [0.2, 0.25) is 0 Å². The first-order valence-corrected chi connectivity index (χ1v) is 8.00. The lowest BCUT2D eigenvalue weighted by atomic mass is 10.0. The van der Waals surface area contributed by atoms with E-state index in [4.69, 9.17) is 4.74 Å². The van der Waals surface area contributed by atoms with Gasteiger partial charge in [0.05, 0.1) is 6.61 Å². The Morgan fingerprint density at radius 1 is 1.28 bits per heavy atom. The number of carbonyl (C=O) groups excluding carboxylic acids is 2. The summed E-state index contributed by atoms with van der Waals surface area (Å²) in [6, 6.07) is 3.78. The molecular formula is C16H18F2N2O5. The zero-order valence-electron chi connectivity index (χ0n) is 13.6. The summed E-state index contributed by atoms with van der Waals surface area (Å²) in [7, 11) is 0. The number of nitrogens with zero attached hydrogens (tertiary/aromatic N) is 1. The fraction of sp³-hybridized carbons (Fsp3) is 0.500. The van der Waals surface area contributed by atoms with Crippen LogP contribution in [0.2, 0.25) is 0 Å². The van der Waals surface area contributed by atoms with Gasteiger partial charge in [-0.1, -0.05) is 0 Å². The van der Waals surface area contributed by atoms with Crippen molar-refractivity contribution in [3.05, 3.63) is 23.8 Å². The molecule has 2 heterocycles. The molecule has 2 amide bonds. The van der Waals surface area contributed by atoms with Crippen molar-refractivity contribution in [2.24, 2.45) is 0 Å². The average Bonchev–Trinajstić information content (AvgIpc) is 2.88. The number of amides is 2. The number of nitrogens with one attached hydrogen (secondary N) is 1. The Balaban J connectivity index is 1.55. The van der Waals surface area contributed by atoms with Crippen LogP contribution >= 0.6 is 0 Å². The second kappa shape index (κ2) is 6.73. The second-order valence-corrected chi connectivity index (χ2v) is 5.76. The van der Waals surface area contributed by atoms with E-state index in [1.807, 2.05) is 0 Å². The van der Waals surface area contributed by atoms with Crippen molar-refractivity contribution in [1.82, 2.24) is 10.2 Å². The third kappa shape index (κ3) is 3.92. The lowest BCUT2D eigenvalue weighted by molar-refractivity contribution is -0.286. The number of halogens is 2. The van der Waals surface area contributed by atoms with E-state index in [9.17, 15) is 18.4 Å². The van der Waals surface area contributed by atoms with Gasteiger partial charge in [0, 0.05) is 24.7 Å². The lowest BCUT2D eigenvalue weighted by Crippen LogP contribution is -2.46. The highest BCUT2D eigenvalue weighted by Gasteiger charge is 2.43. The fourth-order valence-corrected chi connectivity index (χ4v) is 2.78. The third-order valence-corrected chi connectivity index (χ3v) is 4.02. The van der Waals surface area contributed by atoms with E-state index in [0.29, 0.717) is 32.5 Å². The number of ether oxygens (including phenoxy) is 3. The van der Waals surface area contributed by atoms with Gasteiger partial charge < -0.3 is 24.4 Å². The maximum Gasteiger partial charge on any atom is 0.586 e. The van der Waals surface area contributed by atoms with Gasteiger partial charge in [0.1, 0.15) is 0 Å². The summed E-state index contributed by atoms with van der Waals surface area (Å²) in [4.78, 5) is 25.5. The first-order valence-electron chi connectivity index (χ1n) is 8.00. The van der Waals surface area contributed by atoms with Crippen LogP contribution in [0.25, 0.3) is 0 Å². The summed E-state index contributed by atoms with van der Waals surface area (Å²) in [5.74, 6) is -0.671. The molecule has 0 aliphatic carbocycles. The number of fused-ring (bicyclic) bond motifs is 1. The summed E-state index contributed by atoms with van der Waals surface area (Å²) in [6.07, 6.45) is -2.89. The van der Waals surface area contributed by atoms with Crippen LogP contribution in [0.1, 0.15) is 30.1 Å². The predicted molar refractivity (Wildman–Crippen MR) is 81.7 cm³/mol. The minimum absolute atomic E-state index is 0.106. The van der Waals surface area contributed by atoms with Crippen LogP contribution < -0.4 is 14.8 Å². The zero-order valence-corrected chi connectivity index (χ0v) is 13.6. The highest BCUT2D eigenvalue weighted by molar-refractivity contribution is 5.95. The molecule has 0 bridgehead atoms. The van der Waals surface area contributed by atoms with E-state index in [1.165, 1.54) is 18.2 Å². The highest BCUT2D eigenvalue weighted by atomic mass is 19.3. The first-order chi connectivity index (χ1) is 11.9. The van der Waals surface area contributed by atoms with Crippen LogP contribution in [-0.2, 0) is 4.74 Å². The molecule has 2 aliphatic rings. The fourth-order valence-electron chi connectivity index (χ4n) is 2.78. The molecule has 7 nitrogen and oxygen atoms in total. The molecule has 2 aliphatic heterocycles. The van der Waals surface area contributed by atoms with E-state index in [0.717, 1.165) is 0 Å². The van der Waals surface area contributed by atoms with Gasteiger partial charge in [-0.25, -0.2) is 4.79 Å². The normalized spacial score (nSPS) is 18.8. The standard InChI is InChI=1S/C16H18F2N2O5/c1-2-23-15(22)20-7-5-11(6-8-20)19-14(21)10-3-4-12-13(9-10)25-16(17,18)24-12/h3-4,9,11H,2,5-8H2,1H3,(H,19,21). The van der Waals surface area contributed by atoms with E-state index < -0.39 is 12.2 Å². The average molecular weight is 356 g/mol. The van der Waals surface area contributed by atoms with Crippen molar-refractivity contribution < 1.29 is 32.6 Å². The molecule has 0 saturated carbocycles. The predicted octanol–water partition coefficient (Wildman–Crippen LogP) is 2.36. The SMILES string of the molecule is CCOC(=O)N1CCC(NC(=O)c2ccc3c(c2)OC(F)(F)O3)CC1. The number of alkyl halides is 2. The summed E-state index contributed by atoms with van der Waals surface area (Å²) in [5, 5.41) is 2.84. The van der Waals surface area contributed by atoms with Crippen LogP contribution in [0.3, 0.4) is 0 Å². The number of piperidine rings is 1. The molecular weight excluding hydrogens is 338 g/mol. The van der Waals surface area contributed by atoms with Crippen molar-refractivity contribution in [2.45, 2.75) is 32.1 Å². The molecule has 9 heteroatoms. The van der Waals surface area contributed by atoms with Gasteiger partial charge in [-0.2, -0.15) is 0 Å². The van der Waals surface area contributed by atoms with E-state index in [1.54, 1.807) is 11.8 Å². The molecule has 1 saturated heterocycles. The maximum absolute atomic E-state index is 13.0. The lowest BCUT2D eigenvalue weighted by Gasteiger charge is -2.31. The van der Waals surface area contributed by atoms with Crippen molar-refractivity contribution in [1.29, 1.82) is 0 Å². The Labute approximate surface area is 142 Å². The van der Waals surface area contributed by atoms with Crippen molar-refractivity contribution >= 4 is 12.0 Å². The molecule has 0 unspecified atom stereocenters. The number of carbonyl (C=O) groups is 2. The van der Waals surface area contributed by atoms with E-state index >= 15 is 0 Å². The Kier molecular flexibility index (Phi) is 4.65. The molecule has 136 valence electrons. The van der Waals surface area contributed by atoms with Gasteiger partial charge in [0.25, 0.3) is 5.91 Å². The van der Waals surface area contributed by atoms with Crippen LogP contribution in [-0.4, -0.2) is 48.9 Å². The zero-order chi connectivity index (χ0) is 18.0. The minimum Gasteiger partial charge on any atom is -0.450 e. The number of hydrogen-bond acceptors (Lipinski definition) is 5. The minimum atomic E-state index is -3.71. The summed E-state index contributed by atoms with van der Waals surface area (Å²) >= 11 is 0. The molecule has 1 N–H and O–H groups in total. The van der Waals surface area contributed by atoms with Gasteiger partial charge in [-0.05, 0) is 38.0 Å². The molecule has 1 aromatic carbocycles. The summed E-state index contributed by atoms with van der Waals surface area (Å²) < 4.78 is 39.6. The Bertz CT molecular complexity index is 674. The first kappa shape index (κ1) is 17.2. The topological polar surface area (TPSA) is 77.1 Å². The second-order valence-electron chi connectivity index (χ2n) is 5.76. The van der Waals surface area contributed by atoms with Crippen molar-refractivity contribution in [2.75, 3.05) is 19.7 Å². The van der Waals surface area contributed by atoms with Crippen molar-refractivity contribution in [3.8, 4) is 11.5 Å².